The van der Waals surface area contributed by atoms with Gasteiger partial charge in [0, 0.05) is 23.7 Å². The highest BCUT2D eigenvalue weighted by atomic mass is 79.9. The maximum atomic E-state index is 13.0. The van der Waals surface area contributed by atoms with E-state index in [1.54, 1.807) is 18.2 Å². The molecule has 1 N–H and O–H groups in total. The first-order valence-electron chi connectivity index (χ1n) is 10.5. The van der Waals surface area contributed by atoms with Gasteiger partial charge in [-0.05, 0) is 54.3 Å². The summed E-state index contributed by atoms with van der Waals surface area (Å²) in [5, 5.41) is 11.2. The number of likely N-dealkylation sites (tertiary alicyclic amines) is 1. The molecule has 2 aromatic carbocycles. The fourth-order valence-electron chi connectivity index (χ4n) is 3.69. The number of aliphatic hydroxyl groups excluding tert-OH is 1. The largest absolute Gasteiger partial charge is 0.507 e. The SMILES string of the molecule is COCCN1C(=O)C(=O)C(=C(O)c2ccc(OCC(C)C)c(C)c2)[C@H]1c1cccc(Br)c1. The summed E-state index contributed by atoms with van der Waals surface area (Å²) < 4.78 is 11.8. The van der Waals surface area contributed by atoms with Crippen molar-refractivity contribution in [3.8, 4) is 5.75 Å². The Kier molecular flexibility index (Phi) is 7.74. The average Bonchev–Trinajstić information content (AvgIpc) is 3.01. The molecule has 0 aromatic heterocycles. The summed E-state index contributed by atoms with van der Waals surface area (Å²) in [5.41, 5.74) is 2.09. The molecule has 0 aliphatic carbocycles. The molecule has 1 atom stereocenters. The molecule has 1 aliphatic rings. The minimum atomic E-state index is -0.708. The molecule has 1 amide bonds. The predicted octanol–water partition coefficient (Wildman–Crippen LogP) is 4.86. The number of carbonyl (C=O) groups is 2. The van der Waals surface area contributed by atoms with E-state index in [4.69, 9.17) is 9.47 Å². The summed E-state index contributed by atoms with van der Waals surface area (Å²) >= 11 is 3.45. The highest BCUT2D eigenvalue weighted by Gasteiger charge is 2.45. The van der Waals surface area contributed by atoms with Gasteiger partial charge in [-0.1, -0.05) is 41.9 Å². The quantitative estimate of drug-likeness (QED) is 0.317. The second-order valence-corrected chi connectivity index (χ2v) is 9.14. The Labute approximate surface area is 197 Å². The Morgan fingerprint density at radius 3 is 2.56 bits per heavy atom. The Bertz CT molecular complexity index is 1050. The van der Waals surface area contributed by atoms with Crippen LogP contribution < -0.4 is 4.74 Å². The van der Waals surface area contributed by atoms with Crippen molar-refractivity contribution in [3.05, 3.63) is 69.2 Å². The summed E-state index contributed by atoms with van der Waals surface area (Å²) in [5.74, 6) is -0.453. The molecule has 3 rings (SSSR count). The number of benzene rings is 2. The van der Waals surface area contributed by atoms with Gasteiger partial charge in [-0.2, -0.15) is 0 Å². The molecule has 0 unspecified atom stereocenters. The van der Waals surface area contributed by atoms with Gasteiger partial charge < -0.3 is 19.5 Å². The number of aryl methyl sites for hydroxylation is 1. The van der Waals surface area contributed by atoms with Crippen LogP contribution in [0.4, 0.5) is 0 Å². The van der Waals surface area contributed by atoms with Crippen LogP contribution in [0.15, 0.2) is 52.5 Å². The van der Waals surface area contributed by atoms with Gasteiger partial charge in [0.15, 0.2) is 0 Å². The lowest BCUT2D eigenvalue weighted by atomic mass is 9.95. The first kappa shape index (κ1) is 24.0. The fraction of sp³-hybridized carbons (Fsp3) is 0.360. The van der Waals surface area contributed by atoms with Crippen LogP contribution in [-0.2, 0) is 14.3 Å². The minimum Gasteiger partial charge on any atom is -0.507 e. The van der Waals surface area contributed by atoms with E-state index in [9.17, 15) is 14.7 Å². The zero-order valence-electron chi connectivity index (χ0n) is 18.7. The summed E-state index contributed by atoms with van der Waals surface area (Å²) in [6.07, 6.45) is 0. The summed E-state index contributed by atoms with van der Waals surface area (Å²) in [6.45, 7) is 7.11. The maximum Gasteiger partial charge on any atom is 0.295 e. The van der Waals surface area contributed by atoms with Crippen LogP contribution >= 0.6 is 15.9 Å². The lowest BCUT2D eigenvalue weighted by Crippen LogP contribution is -2.32. The molecule has 6 nitrogen and oxygen atoms in total. The van der Waals surface area contributed by atoms with E-state index in [2.05, 4.69) is 29.8 Å². The summed E-state index contributed by atoms with van der Waals surface area (Å²) in [7, 11) is 1.54. The lowest BCUT2D eigenvalue weighted by molar-refractivity contribution is -0.140. The van der Waals surface area contributed by atoms with Crippen molar-refractivity contribution in [3.63, 3.8) is 0 Å². The molecule has 0 radical (unpaired) electrons. The van der Waals surface area contributed by atoms with E-state index < -0.39 is 17.7 Å². The van der Waals surface area contributed by atoms with Gasteiger partial charge in [-0.25, -0.2) is 0 Å². The normalized spacial score (nSPS) is 17.9. The molecule has 1 heterocycles. The van der Waals surface area contributed by atoms with Gasteiger partial charge in [-0.3, -0.25) is 9.59 Å². The summed E-state index contributed by atoms with van der Waals surface area (Å²) in [4.78, 5) is 27.3. The molecule has 1 aliphatic heterocycles. The number of hydrogen-bond donors (Lipinski definition) is 1. The number of Topliss-reactive ketones (excluding diaryl/α,β-unsaturated/α-hetero) is 1. The third-order valence-corrected chi connectivity index (χ3v) is 5.75. The lowest BCUT2D eigenvalue weighted by Gasteiger charge is -2.25. The van der Waals surface area contributed by atoms with Crippen molar-refractivity contribution in [1.29, 1.82) is 0 Å². The molecular weight excluding hydrogens is 474 g/mol. The number of hydrogen-bond acceptors (Lipinski definition) is 5. The van der Waals surface area contributed by atoms with Crippen LogP contribution in [0, 0.1) is 12.8 Å². The Balaban J connectivity index is 2.08. The highest BCUT2D eigenvalue weighted by molar-refractivity contribution is 9.10. The van der Waals surface area contributed by atoms with E-state index in [1.165, 1.54) is 12.0 Å². The second kappa shape index (κ2) is 10.3. The average molecular weight is 502 g/mol. The summed E-state index contributed by atoms with van der Waals surface area (Å²) in [6, 6.07) is 11.9. The van der Waals surface area contributed by atoms with Crippen molar-refractivity contribution in [2.75, 3.05) is 26.9 Å². The molecule has 2 aromatic rings. The third-order valence-electron chi connectivity index (χ3n) is 5.26. The van der Waals surface area contributed by atoms with Gasteiger partial charge >= 0.3 is 0 Å². The highest BCUT2D eigenvalue weighted by Crippen LogP contribution is 2.40. The monoisotopic (exact) mass is 501 g/mol. The van der Waals surface area contributed by atoms with Crippen molar-refractivity contribution in [2.45, 2.75) is 26.8 Å². The molecule has 170 valence electrons. The van der Waals surface area contributed by atoms with E-state index in [1.807, 2.05) is 31.2 Å². The standard InChI is InChI=1S/C25H28BrNO5/c1-15(2)14-32-20-9-8-18(12-16(20)3)23(28)21-22(17-6-5-7-19(26)13-17)27(10-11-31-4)25(30)24(21)29/h5-9,12-13,15,22,28H,10-11,14H2,1-4H3/t22-/m1/s1. The molecule has 0 bridgehead atoms. The molecule has 0 spiro atoms. The Hall–Kier alpha value is -2.64. The Morgan fingerprint density at radius 2 is 1.94 bits per heavy atom. The predicted molar refractivity (Wildman–Crippen MR) is 127 cm³/mol. The molecular formula is C25H28BrNO5. The molecule has 32 heavy (non-hydrogen) atoms. The number of aliphatic hydroxyl groups is 1. The number of carbonyl (C=O) groups excluding carboxylic acids is 2. The number of ketones is 1. The number of amides is 1. The maximum absolute atomic E-state index is 13.0. The van der Waals surface area contributed by atoms with Crippen LogP contribution in [0.25, 0.3) is 5.76 Å². The zero-order chi connectivity index (χ0) is 23.4. The molecule has 1 fully saturated rings. The van der Waals surface area contributed by atoms with E-state index >= 15 is 0 Å². The van der Waals surface area contributed by atoms with E-state index in [0.717, 1.165) is 21.3 Å². The first-order chi connectivity index (χ1) is 15.2. The van der Waals surface area contributed by atoms with Gasteiger partial charge in [0.2, 0.25) is 0 Å². The number of methoxy groups -OCH3 is 1. The van der Waals surface area contributed by atoms with E-state index in [0.29, 0.717) is 18.1 Å². The number of ether oxygens (including phenoxy) is 2. The van der Waals surface area contributed by atoms with Crippen LogP contribution in [0.1, 0.15) is 36.6 Å². The Morgan fingerprint density at radius 1 is 1.19 bits per heavy atom. The smallest absolute Gasteiger partial charge is 0.295 e. The van der Waals surface area contributed by atoms with Gasteiger partial charge in [0.1, 0.15) is 11.5 Å². The van der Waals surface area contributed by atoms with Crippen LogP contribution in [-0.4, -0.2) is 48.6 Å². The van der Waals surface area contributed by atoms with E-state index in [-0.39, 0.29) is 24.5 Å². The van der Waals surface area contributed by atoms with Crippen LogP contribution in [0.5, 0.6) is 5.75 Å². The first-order valence-corrected chi connectivity index (χ1v) is 11.3. The topological polar surface area (TPSA) is 76.1 Å². The second-order valence-electron chi connectivity index (χ2n) is 8.23. The van der Waals surface area contributed by atoms with Crippen molar-refractivity contribution in [2.24, 2.45) is 5.92 Å². The minimum absolute atomic E-state index is 0.0689. The van der Waals surface area contributed by atoms with Gasteiger partial charge in [0.05, 0.1) is 24.8 Å². The van der Waals surface area contributed by atoms with Crippen molar-refractivity contribution in [1.82, 2.24) is 4.90 Å². The molecule has 1 saturated heterocycles. The number of nitrogens with zero attached hydrogens (tertiary/aromatic N) is 1. The van der Waals surface area contributed by atoms with Gasteiger partial charge in [0.25, 0.3) is 11.7 Å². The van der Waals surface area contributed by atoms with Crippen molar-refractivity contribution >= 4 is 33.4 Å². The zero-order valence-corrected chi connectivity index (χ0v) is 20.3. The number of halogens is 1. The third kappa shape index (κ3) is 5.05. The molecule has 0 saturated carbocycles. The fourth-order valence-corrected chi connectivity index (χ4v) is 4.11. The van der Waals surface area contributed by atoms with Crippen LogP contribution in [0.2, 0.25) is 0 Å². The number of rotatable bonds is 8. The van der Waals surface area contributed by atoms with Crippen molar-refractivity contribution < 1.29 is 24.2 Å². The molecule has 7 heteroatoms. The van der Waals surface area contributed by atoms with Gasteiger partial charge in [-0.15, -0.1) is 0 Å². The van der Waals surface area contributed by atoms with Crippen LogP contribution in [0.3, 0.4) is 0 Å².